The summed E-state index contributed by atoms with van der Waals surface area (Å²) in [6, 6.07) is 10.9. The second-order valence-corrected chi connectivity index (χ2v) is 11.0. The summed E-state index contributed by atoms with van der Waals surface area (Å²) in [4.78, 5) is 44.7. The van der Waals surface area contributed by atoms with Gasteiger partial charge in [-0.15, -0.1) is 0 Å². The van der Waals surface area contributed by atoms with Gasteiger partial charge in [-0.25, -0.2) is 19.5 Å². The zero-order valence-corrected chi connectivity index (χ0v) is 22.6. The van der Waals surface area contributed by atoms with E-state index in [4.69, 9.17) is 9.51 Å². The van der Waals surface area contributed by atoms with Gasteiger partial charge in [-0.1, -0.05) is 12.1 Å². The second-order valence-electron chi connectivity index (χ2n) is 9.83. The molecule has 3 N–H and O–H groups in total. The minimum atomic E-state index is -4.75. The molecule has 0 saturated heterocycles. The number of imidazole rings is 1. The number of halogens is 2. The maximum absolute atomic E-state index is 12.9. The van der Waals surface area contributed by atoms with Gasteiger partial charge in [0.05, 0.1) is 17.1 Å². The summed E-state index contributed by atoms with van der Waals surface area (Å²) in [6.45, 7) is 2.35. The molecule has 2 aromatic heterocycles. The molecule has 5 rings (SSSR count). The molecule has 0 radical (unpaired) electrons. The number of phosphoric ester groups is 1. The summed E-state index contributed by atoms with van der Waals surface area (Å²) in [7, 11) is -4.75. The van der Waals surface area contributed by atoms with E-state index in [0.29, 0.717) is 24.5 Å². The van der Waals surface area contributed by atoms with Crippen molar-refractivity contribution in [2.45, 2.75) is 52.0 Å². The highest BCUT2D eigenvalue weighted by atomic mass is 31.2. The molecule has 11 nitrogen and oxygen atoms in total. The molecular weight excluding hydrogens is 547 g/mol. The van der Waals surface area contributed by atoms with E-state index in [0.717, 1.165) is 22.2 Å². The number of aromatic nitrogens is 4. The number of benzene rings is 2. The van der Waals surface area contributed by atoms with Crippen LogP contribution in [0.4, 0.5) is 8.78 Å². The van der Waals surface area contributed by atoms with Crippen LogP contribution in [0.2, 0.25) is 0 Å². The Morgan fingerprint density at radius 1 is 1.20 bits per heavy atom. The van der Waals surface area contributed by atoms with Gasteiger partial charge in [0.2, 0.25) is 0 Å². The number of hydrogen-bond acceptors (Lipinski definition) is 7. The van der Waals surface area contributed by atoms with Gasteiger partial charge < -0.3 is 24.4 Å². The standard InChI is InChI=1S/C26H26F2N5O6P/c1-14-18(13-29-24(30-14)26(2,3)39-40(35,36)37)15-7-8-19-21(12-15)33-10-9-20(22(33)31-19)32-23(34)16-5-4-6-17(11-16)38-25(27)28/h4-8,11-13,20,25H,9-10H2,1-3H3,(H,32,34)(H2,35,36,37)/t20-/m1/s1. The first kappa shape index (κ1) is 27.8. The van der Waals surface area contributed by atoms with Crippen LogP contribution >= 0.6 is 7.82 Å². The summed E-state index contributed by atoms with van der Waals surface area (Å²) in [5.74, 6) is 0.289. The largest absolute Gasteiger partial charge is 0.470 e. The minimum absolute atomic E-state index is 0.0981. The lowest BCUT2D eigenvalue weighted by Crippen LogP contribution is -2.27. The number of nitrogens with one attached hydrogen (secondary N) is 1. The molecule has 0 aliphatic carbocycles. The fraction of sp³-hybridized carbons (Fsp3) is 0.308. The van der Waals surface area contributed by atoms with E-state index in [1.54, 1.807) is 13.1 Å². The molecular formula is C26H26F2N5O6P. The number of aryl methyl sites for hydroxylation is 2. The van der Waals surface area contributed by atoms with Crippen LogP contribution in [0.3, 0.4) is 0 Å². The minimum Gasteiger partial charge on any atom is -0.435 e. The molecule has 2 aromatic carbocycles. The average molecular weight is 573 g/mol. The summed E-state index contributed by atoms with van der Waals surface area (Å²) in [5.41, 5.74) is 2.51. The Kier molecular flexibility index (Phi) is 7.17. The second kappa shape index (κ2) is 10.3. The molecule has 1 aliphatic heterocycles. The van der Waals surface area contributed by atoms with Crippen molar-refractivity contribution in [1.29, 1.82) is 0 Å². The third kappa shape index (κ3) is 5.73. The van der Waals surface area contributed by atoms with Gasteiger partial charge in [-0.3, -0.25) is 9.32 Å². The van der Waals surface area contributed by atoms with Crippen molar-refractivity contribution in [3.8, 4) is 16.9 Å². The van der Waals surface area contributed by atoms with Crippen molar-refractivity contribution >= 4 is 24.8 Å². The van der Waals surface area contributed by atoms with E-state index in [9.17, 15) is 27.9 Å². The zero-order chi connectivity index (χ0) is 28.8. The molecule has 14 heteroatoms. The maximum atomic E-state index is 12.9. The van der Waals surface area contributed by atoms with E-state index < -0.39 is 25.9 Å². The van der Waals surface area contributed by atoms with Crippen LogP contribution in [-0.2, 0) is 21.2 Å². The molecule has 210 valence electrons. The molecule has 4 aromatic rings. The van der Waals surface area contributed by atoms with Crippen LogP contribution in [0.5, 0.6) is 5.75 Å². The number of amides is 1. The van der Waals surface area contributed by atoms with E-state index in [2.05, 4.69) is 20.0 Å². The number of rotatable bonds is 8. The van der Waals surface area contributed by atoms with Crippen molar-refractivity contribution < 1.29 is 37.2 Å². The highest BCUT2D eigenvalue weighted by Crippen LogP contribution is 2.44. The van der Waals surface area contributed by atoms with Crippen LogP contribution in [-0.4, -0.2) is 41.8 Å². The number of alkyl halides is 2. The normalized spacial score (nSPS) is 15.4. The predicted octanol–water partition coefficient (Wildman–Crippen LogP) is 4.62. The van der Waals surface area contributed by atoms with Gasteiger partial charge in [-0.05, 0) is 63.1 Å². The third-order valence-electron chi connectivity index (χ3n) is 6.53. The Morgan fingerprint density at radius 2 is 1.98 bits per heavy atom. The average Bonchev–Trinajstić information content (AvgIpc) is 3.41. The highest BCUT2D eigenvalue weighted by Gasteiger charge is 2.34. The highest BCUT2D eigenvalue weighted by molar-refractivity contribution is 7.46. The lowest BCUT2D eigenvalue weighted by Gasteiger charge is -2.24. The lowest BCUT2D eigenvalue weighted by atomic mass is 10.0. The molecule has 0 fully saturated rings. The van der Waals surface area contributed by atoms with E-state index >= 15 is 0 Å². The van der Waals surface area contributed by atoms with Crippen molar-refractivity contribution in [1.82, 2.24) is 24.8 Å². The molecule has 3 heterocycles. The zero-order valence-electron chi connectivity index (χ0n) is 21.7. The summed E-state index contributed by atoms with van der Waals surface area (Å²) < 4.78 is 47.7. The van der Waals surface area contributed by atoms with Gasteiger partial charge in [0, 0.05) is 29.6 Å². The summed E-state index contributed by atoms with van der Waals surface area (Å²) in [6.07, 6.45) is 2.19. The first-order valence-electron chi connectivity index (χ1n) is 12.3. The van der Waals surface area contributed by atoms with Crippen LogP contribution in [0.15, 0.2) is 48.7 Å². The van der Waals surface area contributed by atoms with E-state index in [-0.39, 0.29) is 23.2 Å². The van der Waals surface area contributed by atoms with Crippen LogP contribution in [0.1, 0.15) is 54.0 Å². The Labute approximate surface area is 227 Å². The molecule has 0 unspecified atom stereocenters. The number of phosphoric acid groups is 1. The summed E-state index contributed by atoms with van der Waals surface area (Å²) >= 11 is 0. The van der Waals surface area contributed by atoms with Gasteiger partial charge in [0.25, 0.3) is 5.91 Å². The van der Waals surface area contributed by atoms with Crippen LogP contribution < -0.4 is 10.1 Å². The maximum Gasteiger partial charge on any atom is 0.470 e. The third-order valence-corrected chi connectivity index (χ3v) is 7.23. The summed E-state index contributed by atoms with van der Waals surface area (Å²) in [5, 5.41) is 2.93. The Bertz CT molecular complexity index is 1650. The first-order valence-corrected chi connectivity index (χ1v) is 13.8. The van der Waals surface area contributed by atoms with Gasteiger partial charge in [0.15, 0.2) is 5.82 Å². The topological polar surface area (TPSA) is 149 Å². The monoisotopic (exact) mass is 573 g/mol. The predicted molar refractivity (Wildman–Crippen MR) is 140 cm³/mol. The Hall–Kier alpha value is -3.77. The van der Waals surface area contributed by atoms with Gasteiger partial charge >= 0.3 is 14.4 Å². The van der Waals surface area contributed by atoms with Gasteiger partial charge in [-0.2, -0.15) is 8.78 Å². The van der Waals surface area contributed by atoms with E-state index in [1.165, 1.54) is 38.1 Å². The van der Waals surface area contributed by atoms with Crippen LogP contribution in [0.25, 0.3) is 22.2 Å². The molecule has 0 bridgehead atoms. The number of ether oxygens (including phenoxy) is 1. The van der Waals surface area contributed by atoms with Crippen molar-refractivity contribution in [3.63, 3.8) is 0 Å². The SMILES string of the molecule is Cc1nc(C(C)(C)OP(=O)(O)O)ncc1-c1ccc2nc3n(c2c1)CC[C@H]3NC(=O)c1cccc(OC(F)F)c1. The van der Waals surface area contributed by atoms with Gasteiger partial charge in [0.1, 0.15) is 17.2 Å². The smallest absolute Gasteiger partial charge is 0.435 e. The fourth-order valence-electron chi connectivity index (χ4n) is 4.77. The van der Waals surface area contributed by atoms with Crippen LogP contribution in [0, 0.1) is 6.92 Å². The van der Waals surface area contributed by atoms with E-state index in [1.807, 2.05) is 22.8 Å². The van der Waals surface area contributed by atoms with Crippen molar-refractivity contribution in [2.24, 2.45) is 0 Å². The molecule has 1 amide bonds. The Morgan fingerprint density at radius 3 is 2.67 bits per heavy atom. The number of fused-ring (bicyclic) bond motifs is 3. The molecule has 40 heavy (non-hydrogen) atoms. The molecule has 0 saturated carbocycles. The van der Waals surface area contributed by atoms with Crippen molar-refractivity contribution in [2.75, 3.05) is 0 Å². The molecule has 1 aliphatic rings. The number of carbonyl (C=O) groups is 1. The number of hydrogen-bond donors (Lipinski definition) is 3. The lowest BCUT2D eigenvalue weighted by molar-refractivity contribution is -0.0499. The first-order chi connectivity index (χ1) is 18.8. The Balaban J connectivity index is 1.39. The molecule has 0 spiro atoms. The fourth-order valence-corrected chi connectivity index (χ4v) is 5.44. The quantitative estimate of drug-likeness (QED) is 0.257. The number of nitrogens with zero attached hydrogens (tertiary/aromatic N) is 4. The number of carbonyl (C=O) groups excluding carboxylic acids is 1. The molecule has 1 atom stereocenters. The van der Waals surface area contributed by atoms with Crippen molar-refractivity contribution in [3.05, 3.63) is 71.6 Å².